The van der Waals surface area contributed by atoms with Crippen LogP contribution in [0.5, 0.6) is 0 Å². The van der Waals surface area contributed by atoms with Crippen molar-refractivity contribution in [1.82, 2.24) is 0 Å². The van der Waals surface area contributed by atoms with Gasteiger partial charge in [0.25, 0.3) is 0 Å². The van der Waals surface area contributed by atoms with Gasteiger partial charge in [-0.15, -0.1) is 0 Å². The van der Waals surface area contributed by atoms with Gasteiger partial charge < -0.3 is 9.47 Å². The zero-order valence-corrected chi connectivity index (χ0v) is 23.2. The largest absolute Gasteiger partial charge is 0.466 e. The molecule has 0 fully saturated rings. The van der Waals surface area contributed by atoms with Crippen LogP contribution in [0.25, 0.3) is 0 Å². The lowest BCUT2D eigenvalue weighted by Gasteiger charge is -2.11. The summed E-state index contributed by atoms with van der Waals surface area (Å²) >= 11 is 0. The summed E-state index contributed by atoms with van der Waals surface area (Å²) in [6.07, 6.45) is 25.2. The molecule has 0 aromatic heterocycles. The molecule has 0 bridgehead atoms. The lowest BCUT2D eigenvalue weighted by Crippen LogP contribution is -2.08. The van der Waals surface area contributed by atoms with E-state index in [-0.39, 0.29) is 11.9 Å². The number of ether oxygens (including phenoxy) is 2. The van der Waals surface area contributed by atoms with Crippen molar-refractivity contribution in [3.63, 3.8) is 0 Å². The molecule has 1 atom stereocenters. The maximum Gasteiger partial charge on any atom is 0.305 e. The van der Waals surface area contributed by atoms with Crippen LogP contribution in [0, 0.1) is 5.92 Å². The molecule has 0 N–H and O–H groups in total. The van der Waals surface area contributed by atoms with E-state index < -0.39 is 0 Å². The Bertz CT molecular complexity index is 449. The first-order valence-corrected chi connectivity index (χ1v) is 14.9. The minimum atomic E-state index is -0.0129. The van der Waals surface area contributed by atoms with Crippen molar-refractivity contribution in [2.75, 3.05) is 13.2 Å². The minimum absolute atomic E-state index is 0.0106. The number of rotatable bonds is 26. The SMILES string of the molecule is CCCCCCOC(=O)CCCCCCCCCCCCC(C)CCC(=O)OCCCCCC. The summed E-state index contributed by atoms with van der Waals surface area (Å²) in [6, 6.07) is 0. The number of hydrogen-bond donors (Lipinski definition) is 0. The molecule has 0 amide bonds. The van der Waals surface area contributed by atoms with Crippen LogP contribution in [0.1, 0.15) is 162 Å². The topological polar surface area (TPSA) is 52.6 Å². The Labute approximate surface area is 212 Å². The summed E-state index contributed by atoms with van der Waals surface area (Å²) in [6.45, 7) is 7.85. The number of esters is 2. The minimum Gasteiger partial charge on any atom is -0.466 e. The van der Waals surface area contributed by atoms with Crippen LogP contribution in [0.2, 0.25) is 0 Å². The number of unbranched alkanes of at least 4 members (excludes halogenated alkanes) is 15. The maximum atomic E-state index is 11.8. The number of carbonyl (C=O) groups is 2. The lowest BCUT2D eigenvalue weighted by atomic mass is 9.97. The Hall–Kier alpha value is -1.06. The van der Waals surface area contributed by atoms with Crippen LogP contribution in [0.15, 0.2) is 0 Å². The highest BCUT2D eigenvalue weighted by Gasteiger charge is 2.08. The highest BCUT2D eigenvalue weighted by atomic mass is 16.5. The molecule has 0 radical (unpaired) electrons. The van der Waals surface area contributed by atoms with Crippen molar-refractivity contribution in [1.29, 1.82) is 0 Å². The van der Waals surface area contributed by atoms with Crippen molar-refractivity contribution >= 4 is 11.9 Å². The van der Waals surface area contributed by atoms with E-state index >= 15 is 0 Å². The van der Waals surface area contributed by atoms with E-state index in [4.69, 9.17) is 9.47 Å². The third-order valence-corrected chi connectivity index (χ3v) is 6.69. The first-order chi connectivity index (χ1) is 16.6. The van der Waals surface area contributed by atoms with Gasteiger partial charge in [0.05, 0.1) is 13.2 Å². The second-order valence-corrected chi connectivity index (χ2v) is 10.3. The molecule has 0 aliphatic carbocycles. The molecule has 0 aliphatic heterocycles. The number of carbonyl (C=O) groups excluding carboxylic acids is 2. The summed E-state index contributed by atoms with van der Waals surface area (Å²) in [7, 11) is 0. The van der Waals surface area contributed by atoms with Crippen molar-refractivity contribution in [3.05, 3.63) is 0 Å². The first kappa shape index (κ1) is 32.9. The summed E-state index contributed by atoms with van der Waals surface area (Å²) in [5, 5.41) is 0. The second-order valence-electron chi connectivity index (χ2n) is 10.3. The van der Waals surface area contributed by atoms with E-state index in [1.807, 2.05) is 0 Å². The molecule has 0 saturated carbocycles. The van der Waals surface area contributed by atoms with Crippen LogP contribution in [-0.2, 0) is 19.1 Å². The summed E-state index contributed by atoms with van der Waals surface area (Å²) in [5.74, 6) is 0.593. The Kier molecular flexibility index (Phi) is 25.7. The number of hydrogen-bond acceptors (Lipinski definition) is 4. The molecule has 0 rings (SSSR count). The Morgan fingerprint density at radius 3 is 1.41 bits per heavy atom. The van der Waals surface area contributed by atoms with E-state index in [1.54, 1.807) is 0 Å². The molecule has 0 heterocycles. The molecule has 0 aromatic rings. The summed E-state index contributed by atoms with van der Waals surface area (Å²) in [4.78, 5) is 23.5. The molecular formula is C30H58O4. The molecular weight excluding hydrogens is 424 g/mol. The second kappa shape index (κ2) is 26.5. The highest BCUT2D eigenvalue weighted by molar-refractivity contribution is 5.69. The molecule has 34 heavy (non-hydrogen) atoms. The van der Waals surface area contributed by atoms with Crippen LogP contribution in [-0.4, -0.2) is 25.2 Å². The Morgan fingerprint density at radius 1 is 0.500 bits per heavy atom. The van der Waals surface area contributed by atoms with Gasteiger partial charge in [-0.1, -0.05) is 124 Å². The van der Waals surface area contributed by atoms with Gasteiger partial charge in [-0.25, -0.2) is 0 Å². The quantitative estimate of drug-likeness (QED) is 0.0910. The monoisotopic (exact) mass is 482 g/mol. The Morgan fingerprint density at radius 2 is 0.912 bits per heavy atom. The van der Waals surface area contributed by atoms with Gasteiger partial charge in [0.2, 0.25) is 0 Å². The van der Waals surface area contributed by atoms with Crippen molar-refractivity contribution in [2.24, 2.45) is 5.92 Å². The predicted octanol–water partition coefficient (Wildman–Crippen LogP) is 9.33. The average Bonchev–Trinajstić information content (AvgIpc) is 2.83. The molecule has 0 aromatic carbocycles. The predicted molar refractivity (Wildman–Crippen MR) is 144 cm³/mol. The first-order valence-electron chi connectivity index (χ1n) is 14.9. The van der Waals surface area contributed by atoms with Crippen molar-refractivity contribution < 1.29 is 19.1 Å². The van der Waals surface area contributed by atoms with E-state index in [1.165, 1.54) is 89.9 Å². The van der Waals surface area contributed by atoms with E-state index in [0.717, 1.165) is 38.5 Å². The normalized spacial score (nSPS) is 12.0. The van der Waals surface area contributed by atoms with Gasteiger partial charge in [-0.05, 0) is 31.6 Å². The zero-order chi connectivity index (χ0) is 25.1. The third-order valence-electron chi connectivity index (χ3n) is 6.69. The van der Waals surface area contributed by atoms with Gasteiger partial charge >= 0.3 is 11.9 Å². The summed E-state index contributed by atoms with van der Waals surface area (Å²) in [5.41, 5.74) is 0. The average molecular weight is 483 g/mol. The van der Waals surface area contributed by atoms with Gasteiger partial charge in [0.15, 0.2) is 0 Å². The fourth-order valence-electron chi connectivity index (χ4n) is 4.26. The van der Waals surface area contributed by atoms with Crippen molar-refractivity contribution in [3.8, 4) is 0 Å². The van der Waals surface area contributed by atoms with Gasteiger partial charge in [-0.2, -0.15) is 0 Å². The summed E-state index contributed by atoms with van der Waals surface area (Å²) < 4.78 is 10.6. The molecule has 202 valence electrons. The molecule has 1 unspecified atom stereocenters. The molecule has 0 spiro atoms. The van der Waals surface area contributed by atoms with Gasteiger partial charge in [-0.3, -0.25) is 9.59 Å². The fourth-order valence-corrected chi connectivity index (χ4v) is 4.26. The van der Waals surface area contributed by atoms with E-state index in [9.17, 15) is 9.59 Å². The smallest absolute Gasteiger partial charge is 0.305 e. The van der Waals surface area contributed by atoms with Crippen LogP contribution in [0.4, 0.5) is 0 Å². The third kappa shape index (κ3) is 25.6. The van der Waals surface area contributed by atoms with E-state index in [2.05, 4.69) is 20.8 Å². The van der Waals surface area contributed by atoms with Crippen LogP contribution in [0.3, 0.4) is 0 Å². The molecule has 4 heteroatoms. The van der Waals surface area contributed by atoms with E-state index in [0.29, 0.717) is 32.0 Å². The molecule has 4 nitrogen and oxygen atoms in total. The lowest BCUT2D eigenvalue weighted by molar-refractivity contribution is -0.144. The highest BCUT2D eigenvalue weighted by Crippen LogP contribution is 2.17. The maximum absolute atomic E-state index is 11.8. The molecule has 0 saturated heterocycles. The van der Waals surface area contributed by atoms with Crippen molar-refractivity contribution in [2.45, 2.75) is 162 Å². The zero-order valence-electron chi connectivity index (χ0n) is 23.2. The molecule has 0 aliphatic rings. The fraction of sp³-hybridized carbons (Fsp3) is 0.933. The standard InChI is InChI=1S/C30H58O4/c1-4-6-8-20-26-33-29(31)23-19-17-15-13-11-10-12-14-16-18-22-28(3)24-25-30(32)34-27-21-9-7-5-2/h28H,4-27H2,1-3H3. The van der Waals surface area contributed by atoms with Gasteiger partial charge in [0.1, 0.15) is 0 Å². The Balaban J connectivity index is 3.30. The van der Waals surface area contributed by atoms with Crippen LogP contribution >= 0.6 is 0 Å². The van der Waals surface area contributed by atoms with Crippen LogP contribution < -0.4 is 0 Å². The van der Waals surface area contributed by atoms with Gasteiger partial charge in [0, 0.05) is 12.8 Å².